The molecule has 4 aromatic carbocycles. The van der Waals surface area contributed by atoms with Crippen LogP contribution in [0.4, 0.5) is 0 Å². The van der Waals surface area contributed by atoms with Crippen LogP contribution in [0.3, 0.4) is 0 Å². The second kappa shape index (κ2) is 15.2. The quantitative estimate of drug-likeness (QED) is 0.135. The summed E-state index contributed by atoms with van der Waals surface area (Å²) in [7, 11) is 11.6. The highest BCUT2D eigenvalue weighted by molar-refractivity contribution is 7.99. The molecule has 4 rings (SSSR count). The summed E-state index contributed by atoms with van der Waals surface area (Å²) in [5.74, 6) is 5.77. The van der Waals surface area contributed by atoms with E-state index in [9.17, 15) is 0 Å². The van der Waals surface area contributed by atoms with Gasteiger partial charge in [-0.3, -0.25) is 0 Å². The van der Waals surface area contributed by atoms with E-state index in [0.717, 1.165) is 33.8 Å². The third-order valence-electron chi connectivity index (χ3n) is 6.95. The van der Waals surface area contributed by atoms with E-state index < -0.39 is 0 Å². The molecule has 1 atom stereocenters. The Kier molecular flexibility index (Phi) is 11.1. The van der Waals surface area contributed by atoms with Gasteiger partial charge in [-0.2, -0.15) is 0 Å². The number of hydrogen-bond donors (Lipinski definition) is 0. The number of thioether (sulfide) groups is 1. The van der Waals surface area contributed by atoms with Crippen LogP contribution in [0, 0.1) is 0 Å². The van der Waals surface area contributed by atoms with E-state index in [1.807, 2.05) is 66.7 Å². The van der Waals surface area contributed by atoms with Crippen molar-refractivity contribution in [3.63, 3.8) is 0 Å². The zero-order chi connectivity index (χ0) is 30.8. The molecule has 0 bridgehead atoms. The second-order valence-corrected chi connectivity index (χ2v) is 10.6. The normalized spacial score (nSPS) is 11.6. The van der Waals surface area contributed by atoms with Gasteiger partial charge in [0, 0.05) is 29.5 Å². The summed E-state index contributed by atoms with van der Waals surface area (Å²) in [6.45, 7) is 0. The van der Waals surface area contributed by atoms with Crippen LogP contribution in [0.25, 0.3) is 12.2 Å². The zero-order valence-corrected chi connectivity index (χ0v) is 26.4. The van der Waals surface area contributed by atoms with Crippen molar-refractivity contribution in [2.24, 2.45) is 0 Å². The van der Waals surface area contributed by atoms with E-state index >= 15 is 0 Å². The first-order valence-corrected chi connectivity index (χ1v) is 14.6. The minimum Gasteiger partial charge on any atom is -0.497 e. The van der Waals surface area contributed by atoms with Crippen LogP contribution >= 0.6 is 11.8 Å². The lowest BCUT2D eigenvalue weighted by atomic mass is 9.96. The van der Waals surface area contributed by atoms with Crippen molar-refractivity contribution in [1.82, 2.24) is 0 Å². The molecule has 226 valence electrons. The molecular weight excluding hydrogens is 564 g/mol. The average Bonchev–Trinajstić information content (AvgIpc) is 3.07. The van der Waals surface area contributed by atoms with E-state index in [0.29, 0.717) is 34.5 Å². The molecule has 0 spiro atoms. The predicted molar refractivity (Wildman–Crippen MR) is 174 cm³/mol. The summed E-state index contributed by atoms with van der Waals surface area (Å²) in [6.07, 6.45) is 4.09. The fourth-order valence-electron chi connectivity index (χ4n) is 4.67. The van der Waals surface area contributed by atoms with Gasteiger partial charge in [0.05, 0.1) is 55.0 Å². The average molecular weight is 603 g/mol. The number of ether oxygens (including phenoxy) is 7. The standard InChI is InChI=1S/C35H38O7S/c1-36-27-12-9-23(10-13-27)22-43-35(26-17-30(39-4)20-31(18-26)40-5)34-25(16-32(41-6)21-33(34)42-7)11-8-24-14-28(37-2)19-29(15-24)38-3/h8-21,35H,22H2,1-7H3. The molecule has 7 nitrogen and oxygen atoms in total. The van der Waals surface area contributed by atoms with E-state index in [1.54, 1.807) is 61.5 Å². The Balaban J connectivity index is 1.88. The van der Waals surface area contributed by atoms with Gasteiger partial charge in [-0.05, 0) is 64.7 Å². The van der Waals surface area contributed by atoms with E-state index in [1.165, 1.54) is 5.56 Å². The summed E-state index contributed by atoms with van der Waals surface area (Å²) in [4.78, 5) is 0. The maximum Gasteiger partial charge on any atom is 0.127 e. The molecule has 0 radical (unpaired) electrons. The Morgan fingerprint density at radius 3 is 1.56 bits per heavy atom. The highest BCUT2D eigenvalue weighted by atomic mass is 32.2. The van der Waals surface area contributed by atoms with Crippen molar-refractivity contribution in [2.75, 3.05) is 49.8 Å². The molecule has 4 aromatic rings. The fourth-order valence-corrected chi connectivity index (χ4v) is 5.97. The summed E-state index contributed by atoms with van der Waals surface area (Å²) >= 11 is 1.78. The maximum absolute atomic E-state index is 6.01. The largest absolute Gasteiger partial charge is 0.497 e. The van der Waals surface area contributed by atoms with Crippen molar-refractivity contribution >= 4 is 23.9 Å². The molecule has 0 fully saturated rings. The SMILES string of the molecule is COc1ccc(CSC(c2cc(OC)cc(OC)c2)c2c(C=Cc3cc(OC)cc(OC)c3)cc(OC)cc2OC)cc1. The molecule has 0 aromatic heterocycles. The van der Waals surface area contributed by atoms with E-state index in [-0.39, 0.29) is 5.25 Å². The first-order valence-electron chi connectivity index (χ1n) is 13.6. The Labute approximate surface area is 258 Å². The van der Waals surface area contributed by atoms with Crippen LogP contribution in [-0.4, -0.2) is 49.8 Å². The molecule has 1 unspecified atom stereocenters. The van der Waals surface area contributed by atoms with Crippen LogP contribution in [0.1, 0.15) is 33.1 Å². The minimum absolute atomic E-state index is 0.161. The van der Waals surface area contributed by atoms with Gasteiger partial charge in [-0.1, -0.05) is 24.3 Å². The van der Waals surface area contributed by atoms with Gasteiger partial charge in [-0.25, -0.2) is 0 Å². The van der Waals surface area contributed by atoms with Crippen molar-refractivity contribution in [3.05, 3.63) is 101 Å². The smallest absolute Gasteiger partial charge is 0.127 e. The summed E-state index contributed by atoms with van der Waals surface area (Å²) in [5.41, 5.74) is 5.03. The number of rotatable bonds is 14. The number of hydrogen-bond acceptors (Lipinski definition) is 8. The van der Waals surface area contributed by atoms with Gasteiger partial charge in [-0.15, -0.1) is 11.8 Å². The minimum atomic E-state index is -0.161. The lowest BCUT2D eigenvalue weighted by molar-refractivity contribution is 0.390. The van der Waals surface area contributed by atoms with Crippen LogP contribution in [0.2, 0.25) is 0 Å². The first kappa shape index (κ1) is 31.5. The van der Waals surface area contributed by atoms with Crippen LogP contribution in [0.15, 0.2) is 72.8 Å². The zero-order valence-electron chi connectivity index (χ0n) is 25.6. The van der Waals surface area contributed by atoms with Crippen molar-refractivity contribution in [3.8, 4) is 40.2 Å². The second-order valence-electron chi connectivity index (χ2n) is 9.50. The molecule has 0 saturated carbocycles. The Morgan fingerprint density at radius 2 is 1.05 bits per heavy atom. The molecule has 0 N–H and O–H groups in total. The van der Waals surface area contributed by atoms with E-state index in [4.69, 9.17) is 33.2 Å². The maximum atomic E-state index is 6.01. The fraction of sp³-hybridized carbons (Fsp3) is 0.257. The molecule has 8 heteroatoms. The Bertz CT molecular complexity index is 1490. The van der Waals surface area contributed by atoms with Crippen molar-refractivity contribution < 1.29 is 33.2 Å². The molecule has 0 aliphatic rings. The van der Waals surface area contributed by atoms with Gasteiger partial charge >= 0.3 is 0 Å². The van der Waals surface area contributed by atoms with Gasteiger partial charge in [0.25, 0.3) is 0 Å². The molecule has 43 heavy (non-hydrogen) atoms. The third kappa shape index (κ3) is 7.90. The molecule has 0 saturated heterocycles. The molecule has 0 aliphatic carbocycles. The van der Waals surface area contributed by atoms with Gasteiger partial charge in [0.15, 0.2) is 0 Å². The summed E-state index contributed by atoms with van der Waals surface area (Å²) < 4.78 is 39.3. The topological polar surface area (TPSA) is 64.6 Å². The first-order chi connectivity index (χ1) is 20.9. The number of methoxy groups -OCH3 is 7. The summed E-state index contributed by atoms with van der Waals surface area (Å²) in [6, 6.07) is 23.8. The van der Waals surface area contributed by atoms with Crippen molar-refractivity contribution in [1.29, 1.82) is 0 Å². The Morgan fingerprint density at radius 1 is 0.535 bits per heavy atom. The monoisotopic (exact) mass is 602 g/mol. The van der Waals surface area contributed by atoms with Crippen LogP contribution in [-0.2, 0) is 5.75 Å². The molecule has 0 amide bonds. The number of benzene rings is 4. The van der Waals surface area contributed by atoms with Gasteiger partial charge < -0.3 is 33.2 Å². The van der Waals surface area contributed by atoms with Gasteiger partial charge in [0.2, 0.25) is 0 Å². The summed E-state index contributed by atoms with van der Waals surface area (Å²) in [5, 5.41) is -0.161. The van der Waals surface area contributed by atoms with E-state index in [2.05, 4.69) is 18.2 Å². The highest BCUT2D eigenvalue weighted by Crippen LogP contribution is 2.47. The van der Waals surface area contributed by atoms with Crippen LogP contribution < -0.4 is 33.2 Å². The Hall–Kier alpha value is -4.43. The predicted octanol–water partition coefficient (Wildman–Crippen LogP) is 7.94. The van der Waals surface area contributed by atoms with Crippen LogP contribution in [0.5, 0.6) is 40.2 Å². The lowest BCUT2D eigenvalue weighted by Crippen LogP contribution is -2.05. The van der Waals surface area contributed by atoms with Crippen molar-refractivity contribution in [2.45, 2.75) is 11.0 Å². The van der Waals surface area contributed by atoms with Gasteiger partial charge in [0.1, 0.15) is 40.2 Å². The molecule has 0 aliphatic heterocycles. The lowest BCUT2D eigenvalue weighted by Gasteiger charge is -2.24. The molecular formula is C35H38O7S. The molecule has 0 heterocycles. The highest BCUT2D eigenvalue weighted by Gasteiger charge is 2.25. The third-order valence-corrected chi connectivity index (χ3v) is 8.29.